The summed E-state index contributed by atoms with van der Waals surface area (Å²) in [6, 6.07) is 5.16. The van der Waals surface area contributed by atoms with Gasteiger partial charge in [-0.2, -0.15) is 0 Å². The molecule has 0 aliphatic heterocycles. The van der Waals surface area contributed by atoms with Gasteiger partial charge in [0.1, 0.15) is 0 Å². The molecule has 1 atom stereocenters. The molecule has 110 valence electrons. The van der Waals surface area contributed by atoms with E-state index in [1.807, 2.05) is 13.8 Å². The topological polar surface area (TPSA) is 78.4 Å². The van der Waals surface area contributed by atoms with Gasteiger partial charge in [-0.3, -0.25) is 9.59 Å². The Hall–Kier alpha value is -1.88. The fourth-order valence-corrected chi connectivity index (χ4v) is 1.75. The fourth-order valence-electron chi connectivity index (χ4n) is 1.75. The minimum Gasteiger partial charge on any atom is -0.393 e. The highest BCUT2D eigenvalue weighted by atomic mass is 16.3. The molecule has 0 saturated heterocycles. The maximum Gasteiger partial charge on any atom is 0.251 e. The molecular formula is C15H22N2O3. The molecule has 3 N–H and O–H groups in total. The van der Waals surface area contributed by atoms with Crippen molar-refractivity contribution in [2.24, 2.45) is 0 Å². The maximum atomic E-state index is 12.0. The Morgan fingerprint density at radius 1 is 1.35 bits per heavy atom. The minimum absolute atomic E-state index is 0.170. The Morgan fingerprint density at radius 3 is 2.65 bits per heavy atom. The van der Waals surface area contributed by atoms with E-state index in [-0.39, 0.29) is 17.9 Å². The van der Waals surface area contributed by atoms with Crippen molar-refractivity contribution in [3.8, 4) is 0 Å². The molecule has 0 aromatic heterocycles. The summed E-state index contributed by atoms with van der Waals surface area (Å²) in [7, 11) is 0. The van der Waals surface area contributed by atoms with Gasteiger partial charge in [0, 0.05) is 24.7 Å². The molecule has 1 aromatic carbocycles. The van der Waals surface area contributed by atoms with E-state index in [1.165, 1.54) is 6.92 Å². The first-order valence-corrected chi connectivity index (χ1v) is 6.78. The van der Waals surface area contributed by atoms with Crippen LogP contribution < -0.4 is 10.6 Å². The van der Waals surface area contributed by atoms with Crippen LogP contribution in [0.3, 0.4) is 0 Å². The average Bonchev–Trinajstić information content (AvgIpc) is 2.40. The number of aliphatic hydroxyl groups is 1. The first-order valence-electron chi connectivity index (χ1n) is 6.78. The van der Waals surface area contributed by atoms with Crippen LogP contribution in [-0.4, -0.2) is 29.6 Å². The highest BCUT2D eigenvalue weighted by Gasteiger charge is 2.09. The van der Waals surface area contributed by atoms with Crippen molar-refractivity contribution in [1.82, 2.24) is 5.32 Å². The van der Waals surface area contributed by atoms with Gasteiger partial charge >= 0.3 is 0 Å². The summed E-state index contributed by atoms with van der Waals surface area (Å²) in [5, 5.41) is 14.9. The Balaban J connectivity index is 2.66. The second-order valence-corrected chi connectivity index (χ2v) is 4.82. The maximum absolute atomic E-state index is 12.0. The lowest BCUT2D eigenvalue weighted by atomic mass is 10.1. The molecule has 0 aliphatic carbocycles. The first-order chi connectivity index (χ1) is 9.43. The Bertz CT molecular complexity index is 486. The monoisotopic (exact) mass is 278 g/mol. The van der Waals surface area contributed by atoms with E-state index in [9.17, 15) is 14.7 Å². The van der Waals surface area contributed by atoms with Crippen molar-refractivity contribution in [3.05, 3.63) is 29.3 Å². The fraction of sp³-hybridized carbons (Fsp3) is 0.467. The molecule has 0 aliphatic rings. The largest absolute Gasteiger partial charge is 0.393 e. The number of nitrogens with one attached hydrogen (secondary N) is 2. The lowest BCUT2D eigenvalue weighted by molar-refractivity contribution is -0.114. The number of aliphatic hydroxyl groups excluding tert-OH is 1. The Labute approximate surface area is 119 Å². The van der Waals surface area contributed by atoms with Gasteiger partial charge in [0.15, 0.2) is 0 Å². The van der Waals surface area contributed by atoms with Gasteiger partial charge in [-0.25, -0.2) is 0 Å². The van der Waals surface area contributed by atoms with Crippen molar-refractivity contribution >= 4 is 17.5 Å². The second kappa shape index (κ2) is 7.65. The molecule has 0 heterocycles. The third-order valence-corrected chi connectivity index (χ3v) is 3.04. The molecule has 0 saturated carbocycles. The molecule has 5 heteroatoms. The lowest BCUT2D eigenvalue weighted by Gasteiger charge is -2.11. The van der Waals surface area contributed by atoms with Crippen LogP contribution in [0.4, 0.5) is 5.69 Å². The smallest absolute Gasteiger partial charge is 0.251 e. The zero-order valence-electron chi connectivity index (χ0n) is 12.2. The molecule has 1 aromatic rings. The van der Waals surface area contributed by atoms with E-state index in [1.54, 1.807) is 18.2 Å². The first kappa shape index (κ1) is 16.2. The number of hydrogen-bond acceptors (Lipinski definition) is 3. The highest BCUT2D eigenvalue weighted by Crippen LogP contribution is 2.16. The van der Waals surface area contributed by atoms with Gasteiger partial charge in [-0.05, 0) is 37.5 Å². The van der Waals surface area contributed by atoms with Crippen molar-refractivity contribution in [1.29, 1.82) is 0 Å². The molecule has 5 nitrogen and oxygen atoms in total. The van der Waals surface area contributed by atoms with Gasteiger partial charge in [0.05, 0.1) is 6.10 Å². The van der Waals surface area contributed by atoms with Crippen LogP contribution in [0, 0.1) is 6.92 Å². The predicted octanol–water partition coefficient (Wildman–Crippen LogP) is 1.84. The molecule has 1 rings (SSSR count). The number of anilines is 1. The van der Waals surface area contributed by atoms with E-state index in [2.05, 4.69) is 10.6 Å². The quantitative estimate of drug-likeness (QED) is 0.743. The summed E-state index contributed by atoms with van der Waals surface area (Å²) < 4.78 is 0. The molecule has 20 heavy (non-hydrogen) atoms. The predicted molar refractivity (Wildman–Crippen MR) is 78.7 cm³/mol. The van der Waals surface area contributed by atoms with Gasteiger partial charge in [0.25, 0.3) is 5.91 Å². The van der Waals surface area contributed by atoms with Crippen molar-refractivity contribution < 1.29 is 14.7 Å². The summed E-state index contributed by atoms with van der Waals surface area (Å²) >= 11 is 0. The van der Waals surface area contributed by atoms with Crippen LogP contribution in [0.15, 0.2) is 18.2 Å². The van der Waals surface area contributed by atoms with Crippen LogP contribution in [0.1, 0.15) is 42.6 Å². The van der Waals surface area contributed by atoms with Gasteiger partial charge in [-0.15, -0.1) is 0 Å². The molecule has 0 radical (unpaired) electrons. The van der Waals surface area contributed by atoms with E-state index in [4.69, 9.17) is 0 Å². The van der Waals surface area contributed by atoms with E-state index in [0.717, 1.165) is 5.56 Å². The van der Waals surface area contributed by atoms with Crippen LogP contribution in [0.2, 0.25) is 0 Å². The van der Waals surface area contributed by atoms with Crippen LogP contribution in [0.5, 0.6) is 0 Å². The zero-order valence-corrected chi connectivity index (χ0v) is 12.2. The SMILES string of the molecule is CCC(O)CCNC(=O)c1ccc(C)c(NC(C)=O)c1. The van der Waals surface area contributed by atoms with E-state index in [0.29, 0.717) is 30.6 Å². The molecular weight excluding hydrogens is 256 g/mol. The third-order valence-electron chi connectivity index (χ3n) is 3.04. The van der Waals surface area contributed by atoms with Gasteiger partial charge in [0.2, 0.25) is 5.91 Å². The molecule has 0 spiro atoms. The number of amides is 2. The molecule has 1 unspecified atom stereocenters. The number of hydrogen-bond donors (Lipinski definition) is 3. The van der Waals surface area contributed by atoms with Gasteiger partial charge < -0.3 is 15.7 Å². The van der Waals surface area contributed by atoms with Crippen molar-refractivity contribution in [2.45, 2.75) is 39.7 Å². The minimum atomic E-state index is -0.386. The lowest BCUT2D eigenvalue weighted by Crippen LogP contribution is -2.27. The number of benzene rings is 1. The summed E-state index contributed by atoms with van der Waals surface area (Å²) in [6.45, 7) is 5.62. The normalized spacial score (nSPS) is 11.8. The van der Waals surface area contributed by atoms with Crippen molar-refractivity contribution in [2.75, 3.05) is 11.9 Å². The van der Waals surface area contributed by atoms with Crippen LogP contribution >= 0.6 is 0 Å². The average molecular weight is 278 g/mol. The molecule has 2 amide bonds. The summed E-state index contributed by atoms with van der Waals surface area (Å²) in [5.74, 6) is -0.378. The zero-order chi connectivity index (χ0) is 15.1. The van der Waals surface area contributed by atoms with Gasteiger partial charge in [-0.1, -0.05) is 13.0 Å². The number of carbonyl (C=O) groups is 2. The third kappa shape index (κ3) is 5.01. The summed E-state index contributed by atoms with van der Waals surface area (Å²) in [6.07, 6.45) is 0.822. The number of rotatable bonds is 6. The standard InChI is InChI=1S/C15H22N2O3/c1-4-13(19)7-8-16-15(20)12-6-5-10(2)14(9-12)17-11(3)18/h5-6,9,13,19H,4,7-8H2,1-3H3,(H,16,20)(H,17,18). The second-order valence-electron chi connectivity index (χ2n) is 4.82. The van der Waals surface area contributed by atoms with Crippen molar-refractivity contribution in [3.63, 3.8) is 0 Å². The van der Waals surface area contributed by atoms with Crippen LogP contribution in [-0.2, 0) is 4.79 Å². The highest BCUT2D eigenvalue weighted by molar-refractivity contribution is 5.97. The van der Waals surface area contributed by atoms with Crippen LogP contribution in [0.25, 0.3) is 0 Å². The summed E-state index contributed by atoms with van der Waals surface area (Å²) in [4.78, 5) is 23.0. The van der Waals surface area contributed by atoms with E-state index < -0.39 is 0 Å². The summed E-state index contributed by atoms with van der Waals surface area (Å²) in [5.41, 5.74) is 2.03. The van der Waals surface area contributed by atoms with E-state index >= 15 is 0 Å². The number of carbonyl (C=O) groups excluding carboxylic acids is 2. The molecule has 0 bridgehead atoms. The Morgan fingerprint density at radius 2 is 2.05 bits per heavy atom. The Kier molecular flexibility index (Phi) is 6.18. The molecule has 0 fully saturated rings. The number of aryl methyl sites for hydroxylation is 1.